The Kier molecular flexibility index (Phi) is 3.16. The molecule has 0 amide bonds. The molecule has 0 bridgehead atoms. The van der Waals surface area contributed by atoms with Gasteiger partial charge in [-0.05, 0) is 19.1 Å². The second kappa shape index (κ2) is 4.97. The van der Waals surface area contributed by atoms with Crippen LogP contribution in [0.2, 0.25) is 0 Å². The molecule has 1 atom stereocenters. The molecule has 6 nitrogen and oxygen atoms in total. The van der Waals surface area contributed by atoms with Crippen LogP contribution < -0.4 is 10.2 Å². The van der Waals surface area contributed by atoms with Gasteiger partial charge in [0.05, 0.1) is 0 Å². The summed E-state index contributed by atoms with van der Waals surface area (Å²) < 4.78 is 2.05. The average molecular weight is 258 g/mol. The number of pyridine rings is 1. The van der Waals surface area contributed by atoms with Crippen LogP contribution in [0.25, 0.3) is 11.4 Å². The van der Waals surface area contributed by atoms with Gasteiger partial charge in [0.25, 0.3) is 0 Å². The zero-order valence-electron chi connectivity index (χ0n) is 11.2. The van der Waals surface area contributed by atoms with Crippen LogP contribution in [0.4, 0.5) is 5.95 Å². The summed E-state index contributed by atoms with van der Waals surface area (Å²) in [5.41, 5.74) is 1.04. The summed E-state index contributed by atoms with van der Waals surface area (Å²) in [6.45, 7) is 5.13. The third kappa shape index (κ3) is 2.19. The summed E-state index contributed by atoms with van der Waals surface area (Å²) in [5.74, 6) is 1.81. The Balaban J connectivity index is 1.95. The van der Waals surface area contributed by atoms with Crippen molar-refractivity contribution < 1.29 is 0 Å². The lowest BCUT2D eigenvalue weighted by molar-refractivity contribution is 0.488. The minimum Gasteiger partial charge on any atom is -0.336 e. The first-order chi connectivity index (χ1) is 9.27. The molecular weight excluding hydrogens is 240 g/mol. The molecule has 2 aromatic rings. The van der Waals surface area contributed by atoms with E-state index in [-0.39, 0.29) is 0 Å². The van der Waals surface area contributed by atoms with Crippen LogP contribution in [0, 0.1) is 0 Å². The predicted molar refractivity (Wildman–Crippen MR) is 73.9 cm³/mol. The normalized spacial score (nSPS) is 19.7. The Bertz CT molecular complexity index is 550. The highest BCUT2D eigenvalue weighted by molar-refractivity contribution is 5.56. The molecule has 1 fully saturated rings. The lowest BCUT2D eigenvalue weighted by Gasteiger charge is -2.34. The summed E-state index contributed by atoms with van der Waals surface area (Å²) in [7, 11) is 2.01. The van der Waals surface area contributed by atoms with Gasteiger partial charge in [0, 0.05) is 50.7 Å². The van der Waals surface area contributed by atoms with E-state index >= 15 is 0 Å². The number of piperazine rings is 1. The van der Waals surface area contributed by atoms with Crippen LogP contribution in [0.1, 0.15) is 6.92 Å². The van der Waals surface area contributed by atoms with Gasteiger partial charge < -0.3 is 10.2 Å². The third-order valence-corrected chi connectivity index (χ3v) is 3.55. The number of hydrogen-bond acceptors (Lipinski definition) is 5. The summed E-state index contributed by atoms with van der Waals surface area (Å²) in [6, 6.07) is 4.34. The zero-order valence-corrected chi connectivity index (χ0v) is 11.2. The van der Waals surface area contributed by atoms with Crippen molar-refractivity contribution in [2.45, 2.75) is 13.0 Å². The molecule has 6 heteroatoms. The molecule has 2 aromatic heterocycles. The Labute approximate surface area is 112 Å². The number of anilines is 1. The lowest BCUT2D eigenvalue weighted by Crippen LogP contribution is -2.50. The van der Waals surface area contributed by atoms with E-state index in [2.05, 4.69) is 36.9 Å². The molecule has 0 aromatic carbocycles. The first-order valence-electron chi connectivity index (χ1n) is 6.54. The number of nitrogens with zero attached hydrogens (tertiary/aromatic N) is 5. The van der Waals surface area contributed by atoms with Gasteiger partial charge in [-0.1, -0.05) is 0 Å². The molecule has 1 aliphatic rings. The maximum atomic E-state index is 4.36. The number of aromatic nitrogens is 4. The van der Waals surface area contributed by atoms with Crippen LogP contribution in [-0.2, 0) is 7.05 Å². The fraction of sp³-hybridized carbons (Fsp3) is 0.462. The van der Waals surface area contributed by atoms with Gasteiger partial charge in [0.2, 0.25) is 5.95 Å². The molecular formula is C13H18N6. The SMILES string of the molecule is CC1CNCCN1c1nnc(-c2ccncc2)n1C. The summed E-state index contributed by atoms with van der Waals surface area (Å²) >= 11 is 0. The highest BCUT2D eigenvalue weighted by atomic mass is 15.4. The van der Waals surface area contributed by atoms with Gasteiger partial charge in [0.15, 0.2) is 5.82 Å². The van der Waals surface area contributed by atoms with Crippen LogP contribution in [-0.4, -0.2) is 45.4 Å². The van der Waals surface area contributed by atoms with Gasteiger partial charge in [-0.25, -0.2) is 0 Å². The standard InChI is InChI=1S/C13H18N6/c1-10-9-15-7-8-19(10)13-17-16-12(18(13)2)11-3-5-14-6-4-11/h3-6,10,15H,7-9H2,1-2H3. The third-order valence-electron chi connectivity index (χ3n) is 3.55. The van der Waals surface area contributed by atoms with Crippen molar-refractivity contribution in [3.63, 3.8) is 0 Å². The minimum atomic E-state index is 0.432. The van der Waals surface area contributed by atoms with E-state index in [9.17, 15) is 0 Å². The maximum Gasteiger partial charge on any atom is 0.227 e. The van der Waals surface area contributed by atoms with Gasteiger partial charge in [-0.15, -0.1) is 10.2 Å². The highest BCUT2D eigenvalue weighted by Crippen LogP contribution is 2.22. The molecule has 1 saturated heterocycles. The van der Waals surface area contributed by atoms with E-state index in [1.165, 1.54) is 0 Å². The minimum absolute atomic E-state index is 0.432. The van der Waals surface area contributed by atoms with Crippen molar-refractivity contribution in [2.75, 3.05) is 24.5 Å². The van der Waals surface area contributed by atoms with Crippen molar-refractivity contribution in [1.29, 1.82) is 0 Å². The zero-order chi connectivity index (χ0) is 13.2. The second-order valence-corrected chi connectivity index (χ2v) is 4.87. The average Bonchev–Trinajstić information content (AvgIpc) is 2.82. The molecule has 0 spiro atoms. The maximum absolute atomic E-state index is 4.36. The highest BCUT2D eigenvalue weighted by Gasteiger charge is 2.23. The van der Waals surface area contributed by atoms with Crippen molar-refractivity contribution in [1.82, 2.24) is 25.1 Å². The van der Waals surface area contributed by atoms with E-state index in [0.29, 0.717) is 6.04 Å². The van der Waals surface area contributed by atoms with Gasteiger partial charge >= 0.3 is 0 Å². The topological polar surface area (TPSA) is 58.9 Å². The molecule has 1 N–H and O–H groups in total. The van der Waals surface area contributed by atoms with E-state index in [1.54, 1.807) is 12.4 Å². The predicted octanol–water partition coefficient (Wildman–Crippen LogP) is 0.675. The van der Waals surface area contributed by atoms with E-state index < -0.39 is 0 Å². The van der Waals surface area contributed by atoms with Crippen LogP contribution in [0.5, 0.6) is 0 Å². The number of hydrogen-bond donors (Lipinski definition) is 1. The van der Waals surface area contributed by atoms with Crippen molar-refractivity contribution >= 4 is 5.95 Å². The van der Waals surface area contributed by atoms with E-state index in [1.807, 2.05) is 19.2 Å². The lowest BCUT2D eigenvalue weighted by atomic mass is 10.2. The quantitative estimate of drug-likeness (QED) is 0.858. The molecule has 0 saturated carbocycles. The number of rotatable bonds is 2. The largest absolute Gasteiger partial charge is 0.336 e. The smallest absolute Gasteiger partial charge is 0.227 e. The van der Waals surface area contributed by atoms with Crippen LogP contribution in [0.3, 0.4) is 0 Å². The van der Waals surface area contributed by atoms with Gasteiger partial charge in [0.1, 0.15) is 0 Å². The summed E-state index contributed by atoms with van der Waals surface area (Å²) in [5, 5.41) is 12.1. The van der Waals surface area contributed by atoms with Crippen LogP contribution >= 0.6 is 0 Å². The van der Waals surface area contributed by atoms with Gasteiger partial charge in [-0.2, -0.15) is 0 Å². The first-order valence-corrected chi connectivity index (χ1v) is 6.54. The Morgan fingerprint density at radius 2 is 2.05 bits per heavy atom. The van der Waals surface area contributed by atoms with Crippen molar-refractivity contribution in [3.05, 3.63) is 24.5 Å². The molecule has 1 unspecified atom stereocenters. The molecule has 3 rings (SSSR count). The fourth-order valence-corrected chi connectivity index (χ4v) is 2.46. The Hall–Kier alpha value is -1.95. The molecule has 0 aliphatic carbocycles. The monoisotopic (exact) mass is 258 g/mol. The molecule has 0 radical (unpaired) electrons. The first kappa shape index (κ1) is 12.1. The second-order valence-electron chi connectivity index (χ2n) is 4.87. The van der Waals surface area contributed by atoms with E-state index in [0.717, 1.165) is 37.0 Å². The number of nitrogens with one attached hydrogen (secondary N) is 1. The van der Waals surface area contributed by atoms with Gasteiger partial charge in [-0.3, -0.25) is 9.55 Å². The summed E-state index contributed by atoms with van der Waals surface area (Å²) in [6.07, 6.45) is 3.55. The van der Waals surface area contributed by atoms with E-state index in [4.69, 9.17) is 0 Å². The molecule has 1 aliphatic heterocycles. The summed E-state index contributed by atoms with van der Waals surface area (Å²) in [4.78, 5) is 6.33. The Morgan fingerprint density at radius 1 is 1.26 bits per heavy atom. The molecule has 100 valence electrons. The van der Waals surface area contributed by atoms with Crippen molar-refractivity contribution in [3.8, 4) is 11.4 Å². The fourth-order valence-electron chi connectivity index (χ4n) is 2.46. The molecule has 19 heavy (non-hydrogen) atoms. The molecule has 3 heterocycles. The Morgan fingerprint density at radius 3 is 2.79 bits per heavy atom. The van der Waals surface area contributed by atoms with Crippen molar-refractivity contribution in [2.24, 2.45) is 7.05 Å². The van der Waals surface area contributed by atoms with Crippen LogP contribution in [0.15, 0.2) is 24.5 Å².